The molecule has 0 radical (unpaired) electrons. The number of halogens is 2. The van der Waals surface area contributed by atoms with Crippen molar-refractivity contribution in [2.45, 2.75) is 12.5 Å². The maximum Gasteiger partial charge on any atom is 0.142 e. The SMILES string of the molecule is ClCc1cccc(Cl)c1OCc1ccnc2ccccc12. The van der Waals surface area contributed by atoms with Gasteiger partial charge in [0.2, 0.25) is 0 Å². The zero-order valence-corrected chi connectivity index (χ0v) is 12.7. The molecular weight excluding hydrogens is 305 g/mol. The van der Waals surface area contributed by atoms with E-state index in [-0.39, 0.29) is 0 Å². The molecule has 0 spiro atoms. The Morgan fingerprint density at radius 3 is 2.67 bits per heavy atom. The van der Waals surface area contributed by atoms with E-state index in [2.05, 4.69) is 4.98 Å². The highest BCUT2D eigenvalue weighted by molar-refractivity contribution is 6.32. The van der Waals surface area contributed by atoms with Gasteiger partial charge in [-0.15, -0.1) is 11.6 Å². The van der Waals surface area contributed by atoms with Crippen molar-refractivity contribution < 1.29 is 4.74 Å². The summed E-state index contributed by atoms with van der Waals surface area (Å²) in [5.41, 5.74) is 2.92. The number of alkyl halides is 1. The molecule has 3 rings (SSSR count). The van der Waals surface area contributed by atoms with Crippen LogP contribution in [0.3, 0.4) is 0 Å². The van der Waals surface area contributed by atoms with Crippen molar-refractivity contribution in [3.63, 3.8) is 0 Å². The summed E-state index contributed by atoms with van der Waals surface area (Å²) in [6.45, 7) is 0.427. The summed E-state index contributed by atoms with van der Waals surface area (Å²) in [7, 11) is 0. The lowest BCUT2D eigenvalue weighted by Crippen LogP contribution is -2.00. The highest BCUT2D eigenvalue weighted by Crippen LogP contribution is 2.31. The number of rotatable bonds is 4. The molecule has 0 atom stereocenters. The Labute approximate surface area is 133 Å². The van der Waals surface area contributed by atoms with Gasteiger partial charge in [0.05, 0.1) is 16.4 Å². The first-order chi connectivity index (χ1) is 10.3. The maximum atomic E-state index is 6.20. The summed E-state index contributed by atoms with van der Waals surface area (Å²) in [4.78, 5) is 4.35. The third kappa shape index (κ3) is 2.97. The summed E-state index contributed by atoms with van der Waals surface area (Å²) in [6, 6.07) is 15.5. The maximum absolute atomic E-state index is 6.20. The van der Waals surface area contributed by atoms with Crippen LogP contribution in [-0.4, -0.2) is 4.98 Å². The van der Waals surface area contributed by atoms with Crippen molar-refractivity contribution in [2.75, 3.05) is 0 Å². The molecule has 3 aromatic rings. The molecule has 2 nitrogen and oxygen atoms in total. The number of aromatic nitrogens is 1. The predicted molar refractivity (Wildman–Crippen MR) is 87.1 cm³/mol. The fourth-order valence-electron chi connectivity index (χ4n) is 2.25. The van der Waals surface area contributed by atoms with E-state index in [0.717, 1.165) is 22.0 Å². The quantitative estimate of drug-likeness (QED) is 0.616. The van der Waals surface area contributed by atoms with Crippen molar-refractivity contribution in [3.05, 3.63) is 70.9 Å². The molecule has 0 aliphatic rings. The molecule has 0 amide bonds. The van der Waals surface area contributed by atoms with Crippen LogP contribution in [-0.2, 0) is 12.5 Å². The number of ether oxygens (including phenoxy) is 1. The second-order valence-corrected chi connectivity index (χ2v) is 5.31. The number of hydrogen-bond donors (Lipinski definition) is 0. The Hall–Kier alpha value is -1.77. The van der Waals surface area contributed by atoms with E-state index in [9.17, 15) is 0 Å². The van der Waals surface area contributed by atoms with Gasteiger partial charge in [0.25, 0.3) is 0 Å². The Balaban J connectivity index is 1.91. The molecule has 0 N–H and O–H groups in total. The first-order valence-corrected chi connectivity index (χ1v) is 7.49. The van der Waals surface area contributed by atoms with Crippen molar-refractivity contribution in [1.29, 1.82) is 0 Å². The van der Waals surface area contributed by atoms with Crippen LogP contribution < -0.4 is 4.74 Å². The first-order valence-electron chi connectivity index (χ1n) is 6.58. The van der Waals surface area contributed by atoms with Gasteiger partial charge in [-0.05, 0) is 18.2 Å². The zero-order valence-electron chi connectivity index (χ0n) is 11.2. The second kappa shape index (κ2) is 6.33. The Kier molecular flexibility index (Phi) is 4.28. The first kappa shape index (κ1) is 14.2. The van der Waals surface area contributed by atoms with E-state index in [1.54, 1.807) is 12.3 Å². The monoisotopic (exact) mass is 317 g/mol. The van der Waals surface area contributed by atoms with Gasteiger partial charge >= 0.3 is 0 Å². The van der Waals surface area contributed by atoms with E-state index < -0.39 is 0 Å². The number of hydrogen-bond acceptors (Lipinski definition) is 2. The minimum atomic E-state index is 0.368. The molecule has 0 fully saturated rings. The molecule has 0 saturated carbocycles. The van der Waals surface area contributed by atoms with Crippen molar-refractivity contribution in [3.8, 4) is 5.75 Å². The number of nitrogens with zero attached hydrogens (tertiary/aromatic N) is 1. The molecule has 2 aromatic carbocycles. The molecule has 0 bridgehead atoms. The topological polar surface area (TPSA) is 22.1 Å². The van der Waals surface area contributed by atoms with Gasteiger partial charge in [-0.2, -0.15) is 0 Å². The van der Waals surface area contributed by atoms with Crippen LogP contribution in [0.2, 0.25) is 5.02 Å². The minimum absolute atomic E-state index is 0.368. The highest BCUT2D eigenvalue weighted by Gasteiger charge is 2.09. The van der Waals surface area contributed by atoms with Gasteiger partial charge in [-0.3, -0.25) is 4.98 Å². The Morgan fingerprint density at radius 1 is 0.952 bits per heavy atom. The van der Waals surface area contributed by atoms with E-state index in [1.165, 1.54) is 0 Å². The third-order valence-electron chi connectivity index (χ3n) is 3.30. The van der Waals surface area contributed by atoms with Crippen LogP contribution in [0.15, 0.2) is 54.7 Å². The van der Waals surface area contributed by atoms with Crippen LogP contribution in [0.1, 0.15) is 11.1 Å². The lowest BCUT2D eigenvalue weighted by Gasteiger charge is -2.12. The summed E-state index contributed by atoms with van der Waals surface area (Å²) in [6.07, 6.45) is 1.79. The van der Waals surface area contributed by atoms with Gasteiger partial charge in [-0.1, -0.05) is 41.9 Å². The zero-order chi connectivity index (χ0) is 14.7. The smallest absolute Gasteiger partial charge is 0.142 e. The number of fused-ring (bicyclic) bond motifs is 1. The molecule has 21 heavy (non-hydrogen) atoms. The molecule has 4 heteroatoms. The van der Waals surface area contributed by atoms with Gasteiger partial charge in [0, 0.05) is 22.7 Å². The summed E-state index contributed by atoms with van der Waals surface area (Å²) < 4.78 is 5.91. The van der Waals surface area contributed by atoms with E-state index >= 15 is 0 Å². The highest BCUT2D eigenvalue weighted by atomic mass is 35.5. The number of para-hydroxylation sites is 2. The van der Waals surface area contributed by atoms with E-state index in [1.807, 2.05) is 42.5 Å². The van der Waals surface area contributed by atoms with Crippen molar-refractivity contribution in [2.24, 2.45) is 0 Å². The lowest BCUT2D eigenvalue weighted by molar-refractivity contribution is 0.305. The minimum Gasteiger partial charge on any atom is -0.487 e. The predicted octanol–water partition coefficient (Wildman–Crippen LogP) is 5.21. The Morgan fingerprint density at radius 2 is 1.81 bits per heavy atom. The van der Waals surface area contributed by atoms with Gasteiger partial charge < -0.3 is 4.74 Å². The van der Waals surface area contributed by atoms with E-state index in [0.29, 0.717) is 23.3 Å². The van der Waals surface area contributed by atoms with Crippen LogP contribution in [0.4, 0.5) is 0 Å². The Bertz CT molecular complexity index is 768. The number of benzene rings is 2. The second-order valence-electron chi connectivity index (χ2n) is 4.64. The largest absolute Gasteiger partial charge is 0.487 e. The summed E-state index contributed by atoms with van der Waals surface area (Å²) in [5, 5.41) is 1.66. The molecular formula is C17H13Cl2NO. The molecule has 1 aromatic heterocycles. The van der Waals surface area contributed by atoms with Gasteiger partial charge in [0.1, 0.15) is 12.4 Å². The van der Waals surface area contributed by atoms with Crippen LogP contribution in [0.5, 0.6) is 5.75 Å². The van der Waals surface area contributed by atoms with E-state index in [4.69, 9.17) is 27.9 Å². The molecule has 0 aliphatic carbocycles. The van der Waals surface area contributed by atoms with Crippen LogP contribution in [0, 0.1) is 0 Å². The van der Waals surface area contributed by atoms with Crippen molar-refractivity contribution in [1.82, 2.24) is 4.98 Å². The van der Waals surface area contributed by atoms with Gasteiger partial charge in [0.15, 0.2) is 0 Å². The number of pyridine rings is 1. The lowest BCUT2D eigenvalue weighted by atomic mass is 10.1. The molecule has 0 unspecified atom stereocenters. The average molecular weight is 318 g/mol. The van der Waals surface area contributed by atoms with Crippen LogP contribution in [0.25, 0.3) is 10.9 Å². The molecule has 0 aliphatic heterocycles. The van der Waals surface area contributed by atoms with Crippen LogP contribution >= 0.6 is 23.2 Å². The normalized spacial score (nSPS) is 10.8. The standard InChI is InChI=1S/C17H13Cl2NO/c18-10-12-4-3-6-15(19)17(12)21-11-13-8-9-20-16-7-2-1-5-14(13)16/h1-9H,10-11H2. The molecule has 0 saturated heterocycles. The third-order valence-corrected chi connectivity index (χ3v) is 3.89. The van der Waals surface area contributed by atoms with Gasteiger partial charge in [-0.25, -0.2) is 0 Å². The van der Waals surface area contributed by atoms with Crippen molar-refractivity contribution >= 4 is 34.1 Å². The fraction of sp³-hybridized carbons (Fsp3) is 0.118. The summed E-state index contributed by atoms with van der Waals surface area (Å²) >= 11 is 12.1. The summed E-state index contributed by atoms with van der Waals surface area (Å²) in [5.74, 6) is 1.02. The molecule has 106 valence electrons. The fourth-order valence-corrected chi connectivity index (χ4v) is 2.71. The molecule has 1 heterocycles. The average Bonchev–Trinajstić information content (AvgIpc) is 2.53.